The summed E-state index contributed by atoms with van der Waals surface area (Å²) in [4.78, 5) is 17.8. The van der Waals surface area contributed by atoms with Gasteiger partial charge < -0.3 is 11.1 Å². The Bertz CT molecular complexity index is 602. The molecule has 0 spiro atoms. The minimum absolute atomic E-state index is 0.0184. The molecule has 0 bridgehead atoms. The number of rotatable bonds is 4. The Morgan fingerprint density at radius 1 is 1.35 bits per heavy atom. The summed E-state index contributed by atoms with van der Waals surface area (Å²) in [5, 5.41) is 3.86. The number of hydrogen-bond donors (Lipinski definition) is 2. The van der Waals surface area contributed by atoms with Crippen molar-refractivity contribution in [2.45, 2.75) is 32.7 Å². The van der Waals surface area contributed by atoms with E-state index in [1.165, 1.54) is 0 Å². The Labute approximate surface area is 123 Å². The molecule has 4 nitrogen and oxygen atoms in total. The van der Waals surface area contributed by atoms with Crippen LogP contribution in [0.25, 0.3) is 0 Å². The second-order valence-electron chi connectivity index (χ2n) is 5.29. The monoisotopic (exact) mass is 289 g/mol. The van der Waals surface area contributed by atoms with E-state index < -0.39 is 5.41 Å². The molecular formula is C15H19N3OS. The number of amides is 1. The molecule has 1 aromatic carbocycles. The van der Waals surface area contributed by atoms with Crippen molar-refractivity contribution in [3.8, 4) is 0 Å². The maximum atomic E-state index is 12.4. The normalized spacial score (nSPS) is 11.3. The van der Waals surface area contributed by atoms with Gasteiger partial charge in [-0.1, -0.05) is 12.1 Å². The van der Waals surface area contributed by atoms with Crippen LogP contribution in [0.3, 0.4) is 0 Å². The number of hydrogen-bond acceptors (Lipinski definition) is 4. The number of thiazole rings is 1. The van der Waals surface area contributed by atoms with Gasteiger partial charge in [0.1, 0.15) is 5.01 Å². The molecule has 5 heteroatoms. The smallest absolute Gasteiger partial charge is 0.230 e. The zero-order chi connectivity index (χ0) is 14.8. The highest BCUT2D eigenvalue weighted by molar-refractivity contribution is 7.11. The quantitative estimate of drug-likeness (QED) is 0.850. The van der Waals surface area contributed by atoms with Crippen LogP contribution in [0.1, 0.15) is 29.3 Å². The third-order valence-corrected chi connectivity index (χ3v) is 4.18. The molecule has 0 unspecified atom stereocenters. The fraction of sp³-hybridized carbons (Fsp3) is 0.333. The van der Waals surface area contributed by atoms with E-state index in [9.17, 15) is 4.79 Å². The number of anilines is 1. The van der Waals surface area contributed by atoms with E-state index in [1.54, 1.807) is 11.3 Å². The molecule has 0 radical (unpaired) electrons. The highest BCUT2D eigenvalue weighted by atomic mass is 32.1. The molecule has 3 N–H and O–H groups in total. The molecule has 2 rings (SSSR count). The van der Waals surface area contributed by atoms with Gasteiger partial charge in [-0.15, -0.1) is 11.3 Å². The van der Waals surface area contributed by atoms with Crippen LogP contribution < -0.4 is 11.1 Å². The first-order valence-corrected chi connectivity index (χ1v) is 7.27. The van der Waals surface area contributed by atoms with Gasteiger partial charge in [-0.2, -0.15) is 0 Å². The number of carbonyl (C=O) groups is 1. The van der Waals surface area contributed by atoms with Gasteiger partial charge in [-0.25, -0.2) is 4.98 Å². The Morgan fingerprint density at radius 3 is 2.55 bits per heavy atom. The molecule has 0 aliphatic carbocycles. The minimum atomic E-state index is -0.597. The topological polar surface area (TPSA) is 68.0 Å². The van der Waals surface area contributed by atoms with E-state index in [0.717, 1.165) is 15.4 Å². The molecule has 1 heterocycles. The van der Waals surface area contributed by atoms with Gasteiger partial charge in [-0.05, 0) is 38.5 Å². The van der Waals surface area contributed by atoms with Crippen molar-refractivity contribution in [3.05, 3.63) is 45.9 Å². The number of nitrogens with one attached hydrogen (secondary N) is 1. The summed E-state index contributed by atoms with van der Waals surface area (Å²) < 4.78 is 0. The zero-order valence-electron chi connectivity index (χ0n) is 11.9. The molecule has 0 aliphatic heterocycles. The predicted octanol–water partition coefficient (Wildman–Crippen LogP) is 2.63. The largest absolute Gasteiger partial charge is 0.399 e. The van der Waals surface area contributed by atoms with Crippen LogP contribution in [-0.4, -0.2) is 10.9 Å². The lowest BCUT2D eigenvalue weighted by molar-refractivity contribution is -0.125. The first-order valence-electron chi connectivity index (χ1n) is 6.45. The van der Waals surface area contributed by atoms with Crippen molar-refractivity contribution in [2.24, 2.45) is 0 Å². The van der Waals surface area contributed by atoms with Crippen molar-refractivity contribution < 1.29 is 4.79 Å². The van der Waals surface area contributed by atoms with Gasteiger partial charge in [0.2, 0.25) is 5.91 Å². The van der Waals surface area contributed by atoms with Crippen molar-refractivity contribution >= 4 is 22.9 Å². The van der Waals surface area contributed by atoms with Crippen molar-refractivity contribution in [1.29, 1.82) is 0 Å². The molecule has 106 valence electrons. The molecule has 1 aromatic heterocycles. The standard InChI is InChI=1S/C15H19N3OS/c1-10-8-17-13(20-10)9-18-14(19)15(2,3)11-4-6-12(16)7-5-11/h4-8H,9,16H2,1-3H3,(H,18,19). The minimum Gasteiger partial charge on any atom is -0.399 e. The Kier molecular flexibility index (Phi) is 4.09. The molecule has 0 saturated heterocycles. The van der Waals surface area contributed by atoms with Gasteiger partial charge in [0.25, 0.3) is 0 Å². The molecule has 0 atom stereocenters. The van der Waals surface area contributed by atoms with Crippen LogP contribution in [0.15, 0.2) is 30.5 Å². The van der Waals surface area contributed by atoms with Crippen LogP contribution in [0.2, 0.25) is 0 Å². The maximum Gasteiger partial charge on any atom is 0.230 e. The molecular weight excluding hydrogens is 270 g/mol. The lowest BCUT2D eigenvalue weighted by Crippen LogP contribution is -2.39. The van der Waals surface area contributed by atoms with E-state index >= 15 is 0 Å². The van der Waals surface area contributed by atoms with Crippen LogP contribution >= 0.6 is 11.3 Å². The fourth-order valence-corrected chi connectivity index (χ4v) is 2.62. The second kappa shape index (κ2) is 5.63. The summed E-state index contributed by atoms with van der Waals surface area (Å²) in [6, 6.07) is 7.41. The number of aromatic nitrogens is 1. The number of nitrogen functional groups attached to an aromatic ring is 1. The van der Waals surface area contributed by atoms with Crippen LogP contribution in [-0.2, 0) is 16.8 Å². The van der Waals surface area contributed by atoms with E-state index in [0.29, 0.717) is 12.2 Å². The Hall–Kier alpha value is -1.88. The molecule has 0 aliphatic rings. The fourth-order valence-electron chi connectivity index (χ4n) is 1.89. The lowest BCUT2D eigenvalue weighted by Gasteiger charge is -2.24. The van der Waals surface area contributed by atoms with Gasteiger partial charge in [0, 0.05) is 16.8 Å². The van der Waals surface area contributed by atoms with Crippen LogP contribution in [0, 0.1) is 6.92 Å². The Balaban J connectivity index is 2.05. The summed E-state index contributed by atoms with van der Waals surface area (Å²) in [5.74, 6) is -0.0184. The molecule has 1 amide bonds. The average Bonchev–Trinajstić information content (AvgIpc) is 2.82. The van der Waals surface area contributed by atoms with E-state index in [1.807, 2.05) is 51.2 Å². The molecule has 20 heavy (non-hydrogen) atoms. The van der Waals surface area contributed by atoms with Crippen molar-refractivity contribution in [1.82, 2.24) is 10.3 Å². The van der Waals surface area contributed by atoms with Crippen LogP contribution in [0.4, 0.5) is 5.69 Å². The highest BCUT2D eigenvalue weighted by Gasteiger charge is 2.29. The van der Waals surface area contributed by atoms with E-state index in [-0.39, 0.29) is 5.91 Å². The number of carbonyl (C=O) groups excluding carboxylic acids is 1. The molecule has 0 saturated carbocycles. The van der Waals surface area contributed by atoms with E-state index in [4.69, 9.17) is 5.73 Å². The van der Waals surface area contributed by atoms with Gasteiger partial charge in [0.05, 0.1) is 12.0 Å². The summed E-state index contributed by atoms with van der Waals surface area (Å²) in [6.07, 6.45) is 1.82. The average molecular weight is 289 g/mol. The Morgan fingerprint density at radius 2 is 2.00 bits per heavy atom. The second-order valence-corrected chi connectivity index (χ2v) is 6.61. The summed E-state index contributed by atoms with van der Waals surface area (Å²) in [7, 11) is 0. The number of aryl methyl sites for hydroxylation is 1. The first-order chi connectivity index (χ1) is 9.39. The van der Waals surface area contributed by atoms with Gasteiger partial charge in [-0.3, -0.25) is 4.79 Å². The van der Waals surface area contributed by atoms with Crippen molar-refractivity contribution in [3.63, 3.8) is 0 Å². The zero-order valence-corrected chi connectivity index (χ0v) is 12.8. The van der Waals surface area contributed by atoms with Crippen molar-refractivity contribution in [2.75, 3.05) is 5.73 Å². The first kappa shape index (κ1) is 14.5. The summed E-state index contributed by atoms with van der Waals surface area (Å²) in [6.45, 7) is 6.28. The van der Waals surface area contributed by atoms with Gasteiger partial charge in [0.15, 0.2) is 0 Å². The predicted molar refractivity (Wildman–Crippen MR) is 82.6 cm³/mol. The van der Waals surface area contributed by atoms with E-state index in [2.05, 4.69) is 10.3 Å². The molecule has 2 aromatic rings. The third kappa shape index (κ3) is 3.17. The SMILES string of the molecule is Cc1cnc(CNC(=O)C(C)(C)c2ccc(N)cc2)s1. The number of nitrogens with two attached hydrogens (primary N) is 1. The summed E-state index contributed by atoms with van der Waals surface area (Å²) >= 11 is 1.60. The summed E-state index contributed by atoms with van der Waals surface area (Å²) in [5.41, 5.74) is 6.72. The molecule has 0 fully saturated rings. The highest BCUT2D eigenvalue weighted by Crippen LogP contribution is 2.24. The lowest BCUT2D eigenvalue weighted by atomic mass is 9.83. The number of benzene rings is 1. The third-order valence-electron chi connectivity index (χ3n) is 3.27. The van der Waals surface area contributed by atoms with Crippen LogP contribution in [0.5, 0.6) is 0 Å². The maximum absolute atomic E-state index is 12.4. The van der Waals surface area contributed by atoms with Gasteiger partial charge >= 0.3 is 0 Å². The number of nitrogens with zero attached hydrogens (tertiary/aromatic N) is 1.